The number of benzene rings is 1. The highest BCUT2D eigenvalue weighted by molar-refractivity contribution is 9.09. The number of rotatable bonds is 3. The largest absolute Gasteiger partial charge is 0.465 e. The maximum Gasteiger partial charge on any atom is 0.409 e. The fourth-order valence-corrected chi connectivity index (χ4v) is 1.45. The zero-order chi connectivity index (χ0) is 9.68. The van der Waals surface area contributed by atoms with Crippen LogP contribution in [0.1, 0.15) is 5.56 Å². The normalized spacial score (nSPS) is 9.62. The molecule has 0 radical (unpaired) electrons. The molecule has 0 unspecified atom stereocenters. The van der Waals surface area contributed by atoms with E-state index in [1.54, 1.807) is 12.1 Å². The minimum absolute atomic E-state index is 0.603. The van der Waals surface area contributed by atoms with Crippen molar-refractivity contribution in [3.63, 3.8) is 0 Å². The van der Waals surface area contributed by atoms with Crippen LogP contribution in [0.4, 0.5) is 10.5 Å². The average molecular weight is 244 g/mol. The summed E-state index contributed by atoms with van der Waals surface area (Å²) in [5.74, 6) is 0. The summed E-state index contributed by atoms with van der Waals surface area (Å²) in [5.41, 5.74) is 1.79. The number of halogens is 1. The predicted molar refractivity (Wildman–Crippen MR) is 55.6 cm³/mol. The second kappa shape index (κ2) is 4.87. The van der Waals surface area contributed by atoms with Crippen LogP contribution < -0.4 is 5.32 Å². The summed E-state index contributed by atoms with van der Waals surface area (Å²) in [4.78, 5) is 10.3. The Morgan fingerprint density at radius 2 is 2.00 bits per heavy atom. The molecule has 0 aliphatic heterocycles. The lowest BCUT2D eigenvalue weighted by atomic mass is 10.1. The standard InChI is InChI=1S/C9H10BrNO2/c10-6-5-7-1-3-8(4-2-7)11-9(12)13/h1-4,11H,5-6H2,(H,12,13). The number of hydrogen-bond acceptors (Lipinski definition) is 1. The van der Waals surface area contributed by atoms with Crippen LogP contribution in [0.5, 0.6) is 0 Å². The molecule has 0 spiro atoms. The minimum atomic E-state index is -1.03. The lowest BCUT2D eigenvalue weighted by molar-refractivity contribution is 0.210. The molecule has 0 heterocycles. The molecule has 0 aliphatic rings. The first-order valence-electron chi connectivity index (χ1n) is 3.87. The van der Waals surface area contributed by atoms with Crippen molar-refractivity contribution in [2.45, 2.75) is 6.42 Å². The summed E-state index contributed by atoms with van der Waals surface area (Å²) in [5, 5.41) is 11.6. The van der Waals surface area contributed by atoms with Gasteiger partial charge in [-0.2, -0.15) is 0 Å². The second-order valence-corrected chi connectivity index (χ2v) is 3.36. The molecule has 0 saturated heterocycles. The Hall–Kier alpha value is -1.03. The van der Waals surface area contributed by atoms with Gasteiger partial charge in [0.1, 0.15) is 0 Å². The van der Waals surface area contributed by atoms with Crippen LogP contribution in [0.3, 0.4) is 0 Å². The number of aryl methyl sites for hydroxylation is 1. The number of alkyl halides is 1. The van der Waals surface area contributed by atoms with Gasteiger partial charge >= 0.3 is 6.09 Å². The van der Waals surface area contributed by atoms with Crippen molar-refractivity contribution in [1.82, 2.24) is 0 Å². The number of amides is 1. The van der Waals surface area contributed by atoms with Gasteiger partial charge in [-0.05, 0) is 24.1 Å². The van der Waals surface area contributed by atoms with Gasteiger partial charge in [-0.3, -0.25) is 5.32 Å². The van der Waals surface area contributed by atoms with E-state index in [0.29, 0.717) is 5.69 Å². The van der Waals surface area contributed by atoms with E-state index in [-0.39, 0.29) is 0 Å². The van der Waals surface area contributed by atoms with Crippen LogP contribution >= 0.6 is 15.9 Å². The Bertz CT molecular complexity index is 284. The van der Waals surface area contributed by atoms with Gasteiger partial charge in [-0.1, -0.05) is 28.1 Å². The van der Waals surface area contributed by atoms with Crippen molar-refractivity contribution in [2.24, 2.45) is 0 Å². The van der Waals surface area contributed by atoms with Crippen LogP contribution in [0.15, 0.2) is 24.3 Å². The first kappa shape index (κ1) is 10.1. The number of anilines is 1. The average Bonchev–Trinajstić information content (AvgIpc) is 2.08. The van der Waals surface area contributed by atoms with Crippen molar-refractivity contribution in [2.75, 3.05) is 10.6 Å². The molecule has 0 aliphatic carbocycles. The molecule has 0 fully saturated rings. The van der Waals surface area contributed by atoms with Gasteiger partial charge in [0.2, 0.25) is 0 Å². The third kappa shape index (κ3) is 3.46. The monoisotopic (exact) mass is 243 g/mol. The smallest absolute Gasteiger partial charge is 0.409 e. The van der Waals surface area contributed by atoms with Gasteiger partial charge < -0.3 is 5.11 Å². The van der Waals surface area contributed by atoms with Crippen molar-refractivity contribution in [3.05, 3.63) is 29.8 Å². The van der Waals surface area contributed by atoms with Gasteiger partial charge in [0.15, 0.2) is 0 Å². The lowest BCUT2D eigenvalue weighted by Crippen LogP contribution is -2.06. The molecule has 1 amide bonds. The molecule has 13 heavy (non-hydrogen) atoms. The molecule has 0 saturated carbocycles. The van der Waals surface area contributed by atoms with Crippen molar-refractivity contribution < 1.29 is 9.90 Å². The number of carboxylic acid groups (broad SMARTS) is 1. The van der Waals surface area contributed by atoms with E-state index in [2.05, 4.69) is 21.2 Å². The van der Waals surface area contributed by atoms with E-state index < -0.39 is 6.09 Å². The van der Waals surface area contributed by atoms with Crippen molar-refractivity contribution in [1.29, 1.82) is 0 Å². The zero-order valence-corrected chi connectivity index (χ0v) is 8.54. The molecule has 2 N–H and O–H groups in total. The predicted octanol–water partition coefficient (Wildman–Crippen LogP) is 2.71. The summed E-state index contributed by atoms with van der Waals surface area (Å²) < 4.78 is 0. The van der Waals surface area contributed by atoms with Gasteiger partial charge in [-0.15, -0.1) is 0 Å². The van der Waals surface area contributed by atoms with Crippen LogP contribution in [0.2, 0.25) is 0 Å². The fraction of sp³-hybridized carbons (Fsp3) is 0.222. The summed E-state index contributed by atoms with van der Waals surface area (Å²) >= 11 is 3.34. The third-order valence-corrected chi connectivity index (χ3v) is 1.98. The number of nitrogens with one attached hydrogen (secondary N) is 1. The maximum absolute atomic E-state index is 10.3. The fourth-order valence-electron chi connectivity index (χ4n) is 0.987. The molecule has 1 aromatic rings. The molecule has 1 aromatic carbocycles. The Kier molecular flexibility index (Phi) is 3.76. The zero-order valence-electron chi connectivity index (χ0n) is 6.96. The van der Waals surface area contributed by atoms with Crippen LogP contribution in [-0.4, -0.2) is 16.5 Å². The van der Waals surface area contributed by atoms with Crippen LogP contribution in [0, 0.1) is 0 Å². The van der Waals surface area contributed by atoms with E-state index in [4.69, 9.17) is 5.11 Å². The Labute approximate surface area is 84.9 Å². The Morgan fingerprint density at radius 1 is 1.38 bits per heavy atom. The molecular weight excluding hydrogens is 234 g/mol. The quantitative estimate of drug-likeness (QED) is 0.803. The van der Waals surface area contributed by atoms with E-state index in [1.807, 2.05) is 12.1 Å². The minimum Gasteiger partial charge on any atom is -0.465 e. The number of hydrogen-bond donors (Lipinski definition) is 2. The van der Waals surface area contributed by atoms with Crippen LogP contribution in [-0.2, 0) is 6.42 Å². The van der Waals surface area contributed by atoms with E-state index in [9.17, 15) is 4.79 Å². The molecule has 70 valence electrons. The maximum atomic E-state index is 10.3. The van der Waals surface area contributed by atoms with Gasteiger partial charge in [0.05, 0.1) is 0 Å². The summed E-state index contributed by atoms with van der Waals surface area (Å²) in [6.07, 6.45) is -0.0823. The molecule has 0 bridgehead atoms. The molecule has 1 rings (SSSR count). The molecule has 0 atom stereocenters. The van der Waals surface area contributed by atoms with Gasteiger partial charge in [-0.25, -0.2) is 4.79 Å². The molecule has 0 aromatic heterocycles. The molecule has 4 heteroatoms. The number of carbonyl (C=O) groups is 1. The summed E-state index contributed by atoms with van der Waals surface area (Å²) in [6, 6.07) is 7.33. The summed E-state index contributed by atoms with van der Waals surface area (Å²) in [6.45, 7) is 0. The molecular formula is C9H10BrNO2. The van der Waals surface area contributed by atoms with Crippen molar-refractivity contribution >= 4 is 27.7 Å². The Morgan fingerprint density at radius 3 is 2.46 bits per heavy atom. The van der Waals surface area contributed by atoms with Crippen molar-refractivity contribution in [3.8, 4) is 0 Å². The summed E-state index contributed by atoms with van der Waals surface area (Å²) in [7, 11) is 0. The first-order valence-corrected chi connectivity index (χ1v) is 4.99. The van der Waals surface area contributed by atoms with E-state index in [1.165, 1.54) is 5.56 Å². The van der Waals surface area contributed by atoms with Crippen LogP contribution in [0.25, 0.3) is 0 Å². The molecule has 3 nitrogen and oxygen atoms in total. The highest BCUT2D eigenvalue weighted by Gasteiger charge is 1.97. The highest BCUT2D eigenvalue weighted by Crippen LogP contribution is 2.10. The van der Waals surface area contributed by atoms with E-state index >= 15 is 0 Å². The Balaban J connectivity index is 2.64. The first-order chi connectivity index (χ1) is 6.22. The SMILES string of the molecule is O=C(O)Nc1ccc(CCBr)cc1. The van der Waals surface area contributed by atoms with Gasteiger partial charge in [0, 0.05) is 11.0 Å². The topological polar surface area (TPSA) is 49.3 Å². The third-order valence-electron chi connectivity index (χ3n) is 1.59. The second-order valence-electron chi connectivity index (χ2n) is 2.57. The lowest BCUT2D eigenvalue weighted by Gasteiger charge is -2.01. The highest BCUT2D eigenvalue weighted by atomic mass is 79.9. The van der Waals surface area contributed by atoms with Gasteiger partial charge in [0.25, 0.3) is 0 Å². The van der Waals surface area contributed by atoms with E-state index in [0.717, 1.165) is 11.8 Å².